The lowest BCUT2D eigenvalue weighted by Crippen LogP contribution is -2.49. The maximum absolute atomic E-state index is 4.35. The Hall–Kier alpha value is -1.81. The predicted octanol–water partition coefficient (Wildman–Crippen LogP) is 2.35. The number of nitrogens with zero attached hydrogens (tertiary/aromatic N) is 2. The molecule has 0 radical (unpaired) electrons. The maximum atomic E-state index is 4.35. The molecule has 0 atom stereocenters. The van der Waals surface area contributed by atoms with E-state index < -0.39 is 0 Å². The van der Waals surface area contributed by atoms with E-state index in [0.717, 1.165) is 51.4 Å². The second-order valence-electron chi connectivity index (χ2n) is 6.24. The van der Waals surface area contributed by atoms with Gasteiger partial charge >= 0.3 is 0 Å². The van der Waals surface area contributed by atoms with Gasteiger partial charge in [-0.25, -0.2) is 0 Å². The molecular weight excluding hydrogens is 284 g/mol. The molecule has 0 aliphatic carbocycles. The topological polar surface area (TPSA) is 39.7 Å². The van der Waals surface area contributed by atoms with Crippen molar-refractivity contribution in [1.82, 2.24) is 15.5 Å². The molecule has 0 saturated carbocycles. The third kappa shape index (κ3) is 6.06. The molecule has 1 aromatic carbocycles. The van der Waals surface area contributed by atoms with Crippen molar-refractivity contribution >= 4 is 5.96 Å². The Bertz CT molecular complexity index is 499. The fourth-order valence-corrected chi connectivity index (χ4v) is 2.91. The molecule has 4 nitrogen and oxygen atoms in total. The van der Waals surface area contributed by atoms with Gasteiger partial charge in [0.1, 0.15) is 0 Å². The van der Waals surface area contributed by atoms with Gasteiger partial charge < -0.3 is 10.6 Å². The molecule has 0 amide bonds. The number of hydrogen-bond acceptors (Lipinski definition) is 2. The summed E-state index contributed by atoms with van der Waals surface area (Å²) in [5, 5.41) is 6.98. The van der Waals surface area contributed by atoms with Crippen LogP contribution in [0.3, 0.4) is 0 Å². The molecule has 4 heteroatoms. The lowest BCUT2D eigenvalue weighted by Gasteiger charge is -2.32. The second kappa shape index (κ2) is 9.36. The monoisotopic (exact) mass is 314 g/mol. The first-order valence-corrected chi connectivity index (χ1v) is 8.57. The third-order valence-electron chi connectivity index (χ3n) is 4.37. The maximum Gasteiger partial charge on any atom is 0.191 e. The number of aryl methyl sites for hydroxylation is 1. The highest BCUT2D eigenvalue weighted by molar-refractivity contribution is 5.79. The van der Waals surface area contributed by atoms with Crippen molar-refractivity contribution in [3.8, 4) is 0 Å². The molecule has 1 aromatic rings. The molecule has 23 heavy (non-hydrogen) atoms. The minimum atomic E-state index is 0.515. The molecule has 0 bridgehead atoms. The standard InChI is InChI=1S/C19H30N4/c1-4-13-23-14-10-18(11-15-23)22-19(20-3)21-12-9-17-7-5-16(2)6-8-17/h4-8,18H,1,9-15H2,2-3H3,(H2,20,21,22). The van der Waals surface area contributed by atoms with Crippen LogP contribution in [0, 0.1) is 6.92 Å². The van der Waals surface area contributed by atoms with Crippen LogP contribution in [0.1, 0.15) is 24.0 Å². The molecule has 1 fully saturated rings. The molecule has 1 aliphatic rings. The minimum absolute atomic E-state index is 0.515. The first kappa shape index (κ1) is 17.5. The number of guanidine groups is 1. The van der Waals surface area contributed by atoms with E-state index >= 15 is 0 Å². The molecule has 0 spiro atoms. The average Bonchev–Trinajstić information content (AvgIpc) is 2.57. The van der Waals surface area contributed by atoms with Gasteiger partial charge in [0.25, 0.3) is 0 Å². The van der Waals surface area contributed by atoms with Gasteiger partial charge in [0.05, 0.1) is 0 Å². The summed E-state index contributed by atoms with van der Waals surface area (Å²) in [6, 6.07) is 9.24. The van der Waals surface area contributed by atoms with Gasteiger partial charge in [-0.15, -0.1) is 6.58 Å². The van der Waals surface area contributed by atoms with Crippen molar-refractivity contribution in [3.63, 3.8) is 0 Å². The van der Waals surface area contributed by atoms with Crippen LogP contribution in [-0.2, 0) is 6.42 Å². The number of benzene rings is 1. The van der Waals surface area contributed by atoms with Gasteiger partial charge in [-0.1, -0.05) is 35.9 Å². The number of likely N-dealkylation sites (tertiary alicyclic amines) is 1. The minimum Gasteiger partial charge on any atom is -0.356 e. The van der Waals surface area contributed by atoms with Crippen LogP contribution in [0.15, 0.2) is 41.9 Å². The number of hydrogen-bond donors (Lipinski definition) is 2. The van der Waals surface area contributed by atoms with E-state index in [1.807, 2.05) is 13.1 Å². The van der Waals surface area contributed by atoms with E-state index in [-0.39, 0.29) is 0 Å². The molecule has 1 aliphatic heterocycles. The molecule has 1 saturated heterocycles. The molecule has 126 valence electrons. The van der Waals surface area contributed by atoms with Gasteiger partial charge in [0.15, 0.2) is 5.96 Å². The second-order valence-corrected chi connectivity index (χ2v) is 6.24. The van der Waals surface area contributed by atoms with Crippen molar-refractivity contribution in [2.24, 2.45) is 4.99 Å². The Morgan fingerprint density at radius 1 is 1.30 bits per heavy atom. The SMILES string of the molecule is C=CCN1CCC(NC(=NC)NCCc2ccc(C)cc2)CC1. The molecular formula is C19H30N4. The first-order valence-electron chi connectivity index (χ1n) is 8.57. The third-order valence-corrected chi connectivity index (χ3v) is 4.37. The van der Waals surface area contributed by atoms with Crippen LogP contribution >= 0.6 is 0 Å². The highest BCUT2D eigenvalue weighted by atomic mass is 15.2. The lowest BCUT2D eigenvalue weighted by molar-refractivity contribution is 0.225. The first-order chi connectivity index (χ1) is 11.2. The summed E-state index contributed by atoms with van der Waals surface area (Å²) in [7, 11) is 1.84. The Morgan fingerprint density at radius 2 is 2.00 bits per heavy atom. The molecule has 0 unspecified atom stereocenters. The van der Waals surface area contributed by atoms with E-state index in [1.54, 1.807) is 0 Å². The van der Waals surface area contributed by atoms with E-state index in [1.165, 1.54) is 11.1 Å². The number of nitrogens with one attached hydrogen (secondary N) is 2. The van der Waals surface area contributed by atoms with E-state index in [4.69, 9.17) is 0 Å². The van der Waals surface area contributed by atoms with Gasteiger partial charge in [0, 0.05) is 39.3 Å². The Balaban J connectivity index is 1.69. The Kier molecular flexibility index (Phi) is 7.14. The van der Waals surface area contributed by atoms with Crippen LogP contribution in [-0.4, -0.2) is 50.1 Å². The summed E-state index contributed by atoms with van der Waals surface area (Å²) in [4.78, 5) is 6.79. The van der Waals surface area contributed by atoms with Gasteiger partial charge in [0.2, 0.25) is 0 Å². The summed E-state index contributed by atoms with van der Waals surface area (Å²) >= 11 is 0. The van der Waals surface area contributed by atoms with Gasteiger partial charge in [-0.05, 0) is 31.7 Å². The molecule has 1 heterocycles. The highest BCUT2D eigenvalue weighted by Gasteiger charge is 2.18. The van der Waals surface area contributed by atoms with Gasteiger partial charge in [-0.3, -0.25) is 9.89 Å². The van der Waals surface area contributed by atoms with Crippen LogP contribution in [0.5, 0.6) is 0 Å². The zero-order valence-corrected chi connectivity index (χ0v) is 14.5. The molecule has 2 rings (SSSR count). The Labute approximate surface area is 140 Å². The van der Waals surface area contributed by atoms with Crippen LogP contribution < -0.4 is 10.6 Å². The normalized spacial score (nSPS) is 17.0. The number of aliphatic imine (C=N–C) groups is 1. The zero-order valence-electron chi connectivity index (χ0n) is 14.5. The fraction of sp³-hybridized carbons (Fsp3) is 0.526. The largest absolute Gasteiger partial charge is 0.356 e. The van der Waals surface area contributed by atoms with Crippen molar-refractivity contribution < 1.29 is 0 Å². The highest BCUT2D eigenvalue weighted by Crippen LogP contribution is 2.10. The van der Waals surface area contributed by atoms with E-state index in [2.05, 4.69) is 58.3 Å². The van der Waals surface area contributed by atoms with E-state index in [0.29, 0.717) is 6.04 Å². The molecule has 0 aromatic heterocycles. The average molecular weight is 314 g/mol. The number of piperidine rings is 1. The summed E-state index contributed by atoms with van der Waals surface area (Å²) in [6.45, 7) is 10.1. The smallest absolute Gasteiger partial charge is 0.191 e. The Morgan fingerprint density at radius 3 is 2.61 bits per heavy atom. The summed E-state index contributed by atoms with van der Waals surface area (Å²) in [5.41, 5.74) is 2.67. The zero-order chi connectivity index (χ0) is 16.5. The summed E-state index contributed by atoms with van der Waals surface area (Å²) in [6.07, 6.45) is 5.32. The van der Waals surface area contributed by atoms with Gasteiger partial charge in [-0.2, -0.15) is 0 Å². The van der Waals surface area contributed by atoms with Crippen LogP contribution in [0.2, 0.25) is 0 Å². The van der Waals surface area contributed by atoms with E-state index in [9.17, 15) is 0 Å². The van der Waals surface area contributed by atoms with Crippen molar-refractivity contribution in [1.29, 1.82) is 0 Å². The fourth-order valence-electron chi connectivity index (χ4n) is 2.91. The number of rotatable bonds is 6. The summed E-state index contributed by atoms with van der Waals surface area (Å²) in [5.74, 6) is 0.916. The van der Waals surface area contributed by atoms with Crippen molar-refractivity contribution in [2.75, 3.05) is 33.2 Å². The van der Waals surface area contributed by atoms with Crippen molar-refractivity contribution in [3.05, 3.63) is 48.0 Å². The van der Waals surface area contributed by atoms with Crippen LogP contribution in [0.4, 0.5) is 0 Å². The summed E-state index contributed by atoms with van der Waals surface area (Å²) < 4.78 is 0. The predicted molar refractivity (Wildman–Crippen MR) is 99.0 cm³/mol. The van der Waals surface area contributed by atoms with Crippen LogP contribution in [0.25, 0.3) is 0 Å². The molecule has 2 N–H and O–H groups in total. The lowest BCUT2D eigenvalue weighted by atomic mass is 10.1. The quantitative estimate of drug-likeness (QED) is 0.481. The van der Waals surface area contributed by atoms with Crippen molar-refractivity contribution in [2.45, 2.75) is 32.2 Å².